The van der Waals surface area contributed by atoms with Crippen LogP contribution in [0.15, 0.2) is 24.3 Å². The van der Waals surface area contributed by atoms with Gasteiger partial charge in [0.1, 0.15) is 24.0 Å². The maximum absolute atomic E-state index is 12.0. The van der Waals surface area contributed by atoms with E-state index in [4.69, 9.17) is 14.6 Å². The van der Waals surface area contributed by atoms with Crippen molar-refractivity contribution >= 4 is 23.7 Å². The lowest BCUT2D eigenvalue weighted by molar-refractivity contribution is -0.151. The van der Waals surface area contributed by atoms with Crippen LogP contribution >= 0.6 is 0 Å². The molecule has 24 heavy (non-hydrogen) atoms. The van der Waals surface area contributed by atoms with Gasteiger partial charge >= 0.3 is 17.9 Å². The Balaban J connectivity index is 2.00. The number of esters is 3. The Labute approximate surface area is 135 Å². The van der Waals surface area contributed by atoms with E-state index in [9.17, 15) is 24.3 Å². The standard InChI is InChI=1S/C15H14O9/c1-7(16)23-10-5-3-2-4-8(10)14(20)22-6-9(17)13-11(18)12(19)15(21)24-13/h2-5,9,12-13,17,19H,6H2,1H3/t9-,12?,13+/m0/s1. The summed E-state index contributed by atoms with van der Waals surface area (Å²) in [5.41, 5.74) is -0.0605. The molecule has 9 nitrogen and oxygen atoms in total. The number of ketones is 1. The summed E-state index contributed by atoms with van der Waals surface area (Å²) in [5, 5.41) is 19.0. The number of aliphatic hydroxyl groups is 2. The van der Waals surface area contributed by atoms with Crippen molar-refractivity contribution in [3.8, 4) is 5.75 Å². The largest absolute Gasteiger partial charge is 0.459 e. The maximum Gasteiger partial charge on any atom is 0.343 e. The minimum absolute atomic E-state index is 0.0247. The summed E-state index contributed by atoms with van der Waals surface area (Å²) in [6, 6.07) is 5.78. The number of carbonyl (C=O) groups is 4. The molecule has 1 aromatic rings. The maximum atomic E-state index is 12.0. The van der Waals surface area contributed by atoms with Crippen molar-refractivity contribution < 1.29 is 43.6 Å². The van der Waals surface area contributed by atoms with Crippen molar-refractivity contribution in [2.45, 2.75) is 25.2 Å². The highest BCUT2D eigenvalue weighted by Gasteiger charge is 2.46. The summed E-state index contributed by atoms with van der Waals surface area (Å²) in [4.78, 5) is 45.6. The normalized spacial score (nSPS) is 21.1. The minimum atomic E-state index is -1.95. The van der Waals surface area contributed by atoms with Crippen LogP contribution in [0.1, 0.15) is 17.3 Å². The molecule has 9 heteroatoms. The van der Waals surface area contributed by atoms with Gasteiger partial charge in [-0.1, -0.05) is 12.1 Å². The molecular weight excluding hydrogens is 324 g/mol. The molecule has 0 bridgehead atoms. The highest BCUT2D eigenvalue weighted by atomic mass is 16.6. The van der Waals surface area contributed by atoms with Crippen LogP contribution in [0.3, 0.4) is 0 Å². The van der Waals surface area contributed by atoms with Gasteiger partial charge in [-0.3, -0.25) is 9.59 Å². The Morgan fingerprint density at radius 3 is 2.54 bits per heavy atom. The molecule has 1 aliphatic rings. The zero-order valence-corrected chi connectivity index (χ0v) is 12.5. The van der Waals surface area contributed by atoms with E-state index < -0.39 is 48.6 Å². The first-order valence-electron chi connectivity index (χ1n) is 6.86. The molecule has 1 unspecified atom stereocenters. The Morgan fingerprint density at radius 2 is 1.96 bits per heavy atom. The molecule has 3 atom stereocenters. The van der Waals surface area contributed by atoms with Gasteiger partial charge in [0.25, 0.3) is 0 Å². The predicted octanol–water partition coefficient (Wildman–Crippen LogP) is -1.02. The molecule has 0 saturated carbocycles. The van der Waals surface area contributed by atoms with Crippen LogP contribution in [0.25, 0.3) is 0 Å². The summed E-state index contributed by atoms with van der Waals surface area (Å²) in [6.45, 7) is 0.501. The van der Waals surface area contributed by atoms with Crippen molar-refractivity contribution in [2.75, 3.05) is 6.61 Å². The van der Waals surface area contributed by atoms with Gasteiger partial charge in [-0.25, -0.2) is 9.59 Å². The third-order valence-electron chi connectivity index (χ3n) is 3.11. The van der Waals surface area contributed by atoms with Gasteiger partial charge in [0.05, 0.1) is 0 Å². The number of benzene rings is 1. The lowest BCUT2D eigenvalue weighted by atomic mass is 10.1. The second kappa shape index (κ2) is 7.20. The van der Waals surface area contributed by atoms with Crippen LogP contribution < -0.4 is 4.74 Å². The van der Waals surface area contributed by atoms with Crippen LogP contribution in [0.5, 0.6) is 5.75 Å². The summed E-state index contributed by atoms with van der Waals surface area (Å²) in [5.74, 6) is -3.75. The van der Waals surface area contributed by atoms with E-state index in [-0.39, 0.29) is 11.3 Å². The van der Waals surface area contributed by atoms with Crippen molar-refractivity contribution in [3.05, 3.63) is 29.8 Å². The fourth-order valence-corrected chi connectivity index (χ4v) is 1.99. The lowest BCUT2D eigenvalue weighted by Crippen LogP contribution is -2.38. The molecule has 0 aromatic heterocycles. The molecule has 1 aliphatic heterocycles. The first-order valence-corrected chi connectivity index (χ1v) is 6.86. The van der Waals surface area contributed by atoms with E-state index in [0.29, 0.717) is 0 Å². The van der Waals surface area contributed by atoms with Crippen LogP contribution in [0.2, 0.25) is 0 Å². The third-order valence-corrected chi connectivity index (χ3v) is 3.11. The number of hydrogen-bond acceptors (Lipinski definition) is 9. The van der Waals surface area contributed by atoms with Crippen LogP contribution in [-0.2, 0) is 23.9 Å². The fourth-order valence-electron chi connectivity index (χ4n) is 1.99. The molecule has 0 amide bonds. The quantitative estimate of drug-likeness (QED) is 0.393. The fraction of sp³-hybridized carbons (Fsp3) is 0.333. The smallest absolute Gasteiger partial charge is 0.343 e. The average molecular weight is 338 g/mol. The Kier molecular flexibility index (Phi) is 5.27. The van der Waals surface area contributed by atoms with Gasteiger partial charge in [0, 0.05) is 6.92 Å². The average Bonchev–Trinajstić information content (AvgIpc) is 2.80. The van der Waals surface area contributed by atoms with Crippen LogP contribution in [0, 0.1) is 0 Å². The van der Waals surface area contributed by atoms with Gasteiger partial charge < -0.3 is 24.4 Å². The molecule has 2 N–H and O–H groups in total. The van der Waals surface area contributed by atoms with Gasteiger partial charge in [0.15, 0.2) is 6.10 Å². The highest BCUT2D eigenvalue weighted by molar-refractivity contribution is 6.09. The van der Waals surface area contributed by atoms with E-state index in [1.54, 1.807) is 6.07 Å². The minimum Gasteiger partial charge on any atom is -0.459 e. The molecule has 128 valence electrons. The molecule has 1 heterocycles. The number of ether oxygens (including phenoxy) is 3. The number of aliphatic hydroxyl groups excluding tert-OH is 2. The molecular formula is C15H14O9. The number of Topliss-reactive ketones (excluding diaryl/α,β-unsaturated/α-hetero) is 1. The monoisotopic (exact) mass is 338 g/mol. The van der Waals surface area contributed by atoms with Gasteiger partial charge in [-0.15, -0.1) is 0 Å². The zero-order chi connectivity index (χ0) is 17.9. The van der Waals surface area contributed by atoms with Crippen LogP contribution in [-0.4, -0.2) is 58.8 Å². The van der Waals surface area contributed by atoms with E-state index in [1.807, 2.05) is 0 Å². The molecule has 1 saturated heterocycles. The number of rotatable bonds is 5. The molecule has 0 aliphatic carbocycles. The summed E-state index contributed by atoms with van der Waals surface area (Å²) in [6.07, 6.45) is -5.20. The summed E-state index contributed by atoms with van der Waals surface area (Å²) >= 11 is 0. The molecule has 1 fully saturated rings. The molecule has 0 spiro atoms. The second-order valence-corrected chi connectivity index (χ2v) is 4.92. The Bertz CT molecular complexity index is 681. The SMILES string of the molecule is CC(=O)Oc1ccccc1C(=O)OC[C@H](O)[C@H]1OC(=O)C(O)C1=O. The van der Waals surface area contributed by atoms with E-state index in [0.717, 1.165) is 6.92 Å². The number of carbonyl (C=O) groups excluding carboxylic acids is 4. The topological polar surface area (TPSA) is 136 Å². The van der Waals surface area contributed by atoms with Gasteiger partial charge in [0.2, 0.25) is 11.9 Å². The molecule has 0 radical (unpaired) electrons. The lowest BCUT2D eigenvalue weighted by Gasteiger charge is -2.16. The van der Waals surface area contributed by atoms with Gasteiger partial charge in [-0.2, -0.15) is 0 Å². The van der Waals surface area contributed by atoms with E-state index in [2.05, 4.69) is 4.74 Å². The molecule has 2 rings (SSSR count). The zero-order valence-electron chi connectivity index (χ0n) is 12.5. The Hall–Kier alpha value is -2.78. The summed E-state index contributed by atoms with van der Waals surface area (Å²) in [7, 11) is 0. The first kappa shape index (κ1) is 17.6. The number of cyclic esters (lactones) is 1. The van der Waals surface area contributed by atoms with Crippen LogP contribution in [0.4, 0.5) is 0 Å². The van der Waals surface area contributed by atoms with Gasteiger partial charge in [-0.05, 0) is 12.1 Å². The third kappa shape index (κ3) is 3.76. The number of para-hydroxylation sites is 1. The van der Waals surface area contributed by atoms with E-state index >= 15 is 0 Å². The van der Waals surface area contributed by atoms with Crippen molar-refractivity contribution in [3.63, 3.8) is 0 Å². The van der Waals surface area contributed by atoms with Crippen molar-refractivity contribution in [2.24, 2.45) is 0 Å². The molecule has 1 aromatic carbocycles. The van der Waals surface area contributed by atoms with Crippen molar-refractivity contribution in [1.82, 2.24) is 0 Å². The Morgan fingerprint density at radius 1 is 1.29 bits per heavy atom. The predicted molar refractivity (Wildman–Crippen MR) is 74.9 cm³/mol. The first-order chi connectivity index (χ1) is 11.3. The van der Waals surface area contributed by atoms with Crippen molar-refractivity contribution in [1.29, 1.82) is 0 Å². The van der Waals surface area contributed by atoms with E-state index in [1.165, 1.54) is 18.2 Å². The second-order valence-electron chi connectivity index (χ2n) is 4.92. The summed E-state index contributed by atoms with van der Waals surface area (Å²) < 4.78 is 14.2. The highest BCUT2D eigenvalue weighted by Crippen LogP contribution is 2.20. The number of hydrogen-bond donors (Lipinski definition) is 2.